The first-order valence-corrected chi connectivity index (χ1v) is 12.2. The number of nitrogens with one attached hydrogen (secondary N) is 1. The van der Waals surface area contributed by atoms with Gasteiger partial charge in [-0.1, -0.05) is 57.3 Å². The van der Waals surface area contributed by atoms with Crippen molar-refractivity contribution in [2.75, 3.05) is 5.75 Å². The first-order valence-electron chi connectivity index (χ1n) is 9.54. The summed E-state index contributed by atoms with van der Waals surface area (Å²) in [6, 6.07) is 12.5. The maximum absolute atomic E-state index is 13.1. The van der Waals surface area contributed by atoms with Crippen molar-refractivity contribution < 1.29 is 9.59 Å². The first-order chi connectivity index (χ1) is 14.2. The van der Waals surface area contributed by atoms with E-state index in [4.69, 9.17) is 23.2 Å². The van der Waals surface area contributed by atoms with E-state index in [1.165, 1.54) is 11.8 Å². The third-order valence-electron chi connectivity index (χ3n) is 4.40. The topological polar surface area (TPSA) is 49.4 Å². The molecular formula is C22H25BrCl2N2O2S. The number of carbonyl (C=O) groups is 2. The van der Waals surface area contributed by atoms with Gasteiger partial charge in [0.1, 0.15) is 6.04 Å². The zero-order valence-corrected chi connectivity index (χ0v) is 21.0. The summed E-state index contributed by atoms with van der Waals surface area (Å²) in [4.78, 5) is 27.2. The summed E-state index contributed by atoms with van der Waals surface area (Å²) in [6.45, 7) is 5.90. The van der Waals surface area contributed by atoms with Crippen LogP contribution in [-0.2, 0) is 21.9 Å². The van der Waals surface area contributed by atoms with Gasteiger partial charge in [0.25, 0.3) is 0 Å². The smallest absolute Gasteiger partial charge is 0.242 e. The number of benzene rings is 2. The molecule has 0 saturated carbocycles. The summed E-state index contributed by atoms with van der Waals surface area (Å²) in [5.74, 6) is 0.451. The Morgan fingerprint density at radius 1 is 1.07 bits per heavy atom. The van der Waals surface area contributed by atoms with Gasteiger partial charge in [-0.2, -0.15) is 0 Å². The van der Waals surface area contributed by atoms with Crippen LogP contribution in [0.25, 0.3) is 0 Å². The lowest BCUT2D eigenvalue weighted by Crippen LogP contribution is -2.49. The number of hydrogen-bond donors (Lipinski definition) is 1. The molecule has 0 aliphatic heterocycles. The summed E-state index contributed by atoms with van der Waals surface area (Å²) in [6.07, 6.45) is 0. The molecule has 0 aromatic heterocycles. The van der Waals surface area contributed by atoms with Crippen LogP contribution in [0.4, 0.5) is 0 Å². The molecule has 0 saturated heterocycles. The maximum atomic E-state index is 13.1. The molecule has 2 rings (SSSR count). The Kier molecular flexibility index (Phi) is 10.0. The molecule has 2 aromatic carbocycles. The summed E-state index contributed by atoms with van der Waals surface area (Å²) >= 11 is 17.3. The summed E-state index contributed by atoms with van der Waals surface area (Å²) in [5, 5.41) is 4.05. The van der Waals surface area contributed by atoms with Crippen molar-refractivity contribution in [2.24, 2.45) is 0 Å². The van der Waals surface area contributed by atoms with Gasteiger partial charge in [0, 0.05) is 32.9 Å². The number of thioether (sulfide) groups is 1. The molecule has 1 unspecified atom stereocenters. The van der Waals surface area contributed by atoms with Gasteiger partial charge in [-0.15, -0.1) is 11.8 Å². The molecule has 8 heteroatoms. The van der Waals surface area contributed by atoms with Crippen LogP contribution in [0.2, 0.25) is 10.0 Å². The van der Waals surface area contributed by atoms with Crippen LogP contribution in [0.15, 0.2) is 46.9 Å². The Morgan fingerprint density at radius 2 is 1.67 bits per heavy atom. The second kappa shape index (κ2) is 12.0. The van der Waals surface area contributed by atoms with Crippen LogP contribution >= 0.6 is 50.9 Å². The van der Waals surface area contributed by atoms with Crippen LogP contribution in [0.5, 0.6) is 0 Å². The largest absolute Gasteiger partial charge is 0.352 e. The molecule has 0 aliphatic carbocycles. The average Bonchev–Trinajstić information content (AvgIpc) is 2.68. The quantitative estimate of drug-likeness (QED) is 0.436. The van der Waals surface area contributed by atoms with E-state index in [-0.39, 0.29) is 23.6 Å². The van der Waals surface area contributed by atoms with Gasteiger partial charge in [0.05, 0.1) is 5.75 Å². The maximum Gasteiger partial charge on any atom is 0.242 e. The van der Waals surface area contributed by atoms with Crippen LogP contribution < -0.4 is 5.32 Å². The van der Waals surface area contributed by atoms with Crippen molar-refractivity contribution in [3.05, 3.63) is 68.1 Å². The minimum absolute atomic E-state index is 0.00122. The van der Waals surface area contributed by atoms with E-state index in [1.807, 2.05) is 38.1 Å². The molecule has 0 radical (unpaired) electrons. The van der Waals surface area contributed by atoms with Crippen molar-refractivity contribution in [1.82, 2.24) is 10.2 Å². The van der Waals surface area contributed by atoms with Crippen molar-refractivity contribution in [1.29, 1.82) is 0 Å². The fourth-order valence-corrected chi connectivity index (χ4v) is 4.68. The number of hydrogen-bond acceptors (Lipinski definition) is 3. The number of halogens is 3. The lowest BCUT2D eigenvalue weighted by molar-refractivity contribution is -0.138. The summed E-state index contributed by atoms with van der Waals surface area (Å²) in [5.41, 5.74) is 1.76. The first kappa shape index (κ1) is 25.1. The summed E-state index contributed by atoms with van der Waals surface area (Å²) in [7, 11) is 0. The number of carbonyl (C=O) groups excluding carboxylic acids is 2. The van der Waals surface area contributed by atoms with Crippen molar-refractivity contribution >= 4 is 62.7 Å². The molecule has 0 heterocycles. The Hall–Kier alpha value is -1.21. The molecule has 2 aromatic rings. The molecule has 1 N–H and O–H groups in total. The number of rotatable bonds is 9. The van der Waals surface area contributed by atoms with E-state index in [2.05, 4.69) is 21.2 Å². The van der Waals surface area contributed by atoms with Gasteiger partial charge >= 0.3 is 0 Å². The molecule has 2 amide bonds. The second-order valence-corrected chi connectivity index (χ2v) is 9.90. The molecule has 0 spiro atoms. The van der Waals surface area contributed by atoms with Gasteiger partial charge in [0.2, 0.25) is 11.8 Å². The van der Waals surface area contributed by atoms with Gasteiger partial charge < -0.3 is 10.2 Å². The molecule has 1 atom stereocenters. The van der Waals surface area contributed by atoms with E-state index in [1.54, 1.807) is 30.0 Å². The Labute approximate surface area is 200 Å². The van der Waals surface area contributed by atoms with Crippen molar-refractivity contribution in [3.8, 4) is 0 Å². The minimum atomic E-state index is -0.590. The molecule has 0 aliphatic rings. The molecular weight excluding hydrogens is 507 g/mol. The average molecular weight is 532 g/mol. The van der Waals surface area contributed by atoms with E-state index in [9.17, 15) is 9.59 Å². The molecule has 0 bridgehead atoms. The van der Waals surface area contributed by atoms with Gasteiger partial charge in [-0.3, -0.25) is 9.59 Å². The van der Waals surface area contributed by atoms with E-state index in [0.717, 1.165) is 15.6 Å². The molecule has 0 fully saturated rings. The SMILES string of the molecule is CC(C)NC(=O)C(C)N(Cc1ccc(Br)cc1)C(=O)CSCc1c(Cl)cccc1Cl. The lowest BCUT2D eigenvalue weighted by atomic mass is 10.1. The highest BCUT2D eigenvalue weighted by Gasteiger charge is 2.26. The standard InChI is InChI=1S/C22H25BrCl2N2O2S/c1-14(2)26-22(29)15(3)27(11-16-7-9-17(23)10-8-16)21(28)13-30-12-18-19(24)5-4-6-20(18)25/h4-10,14-15H,11-13H2,1-3H3,(H,26,29). The van der Waals surface area contributed by atoms with E-state index < -0.39 is 6.04 Å². The fraction of sp³-hybridized carbons (Fsp3) is 0.364. The highest BCUT2D eigenvalue weighted by Crippen LogP contribution is 2.28. The normalized spacial score (nSPS) is 12.0. The van der Waals surface area contributed by atoms with Gasteiger partial charge in [-0.05, 0) is 56.2 Å². The highest BCUT2D eigenvalue weighted by atomic mass is 79.9. The Bertz CT molecular complexity index is 858. The number of amides is 2. The Balaban J connectivity index is 2.10. The van der Waals surface area contributed by atoms with Crippen LogP contribution in [0, 0.1) is 0 Å². The fourth-order valence-electron chi connectivity index (χ4n) is 2.77. The van der Waals surface area contributed by atoms with Crippen LogP contribution in [-0.4, -0.2) is 34.6 Å². The summed E-state index contributed by atoms with van der Waals surface area (Å²) < 4.78 is 0.960. The zero-order chi connectivity index (χ0) is 22.3. The third kappa shape index (κ3) is 7.49. The monoisotopic (exact) mass is 530 g/mol. The van der Waals surface area contributed by atoms with Crippen molar-refractivity contribution in [2.45, 2.75) is 45.2 Å². The van der Waals surface area contributed by atoms with E-state index >= 15 is 0 Å². The number of nitrogens with zero attached hydrogens (tertiary/aromatic N) is 1. The lowest BCUT2D eigenvalue weighted by Gasteiger charge is -2.29. The third-order valence-corrected chi connectivity index (χ3v) is 6.58. The van der Waals surface area contributed by atoms with Crippen LogP contribution in [0.3, 0.4) is 0 Å². The van der Waals surface area contributed by atoms with E-state index in [0.29, 0.717) is 22.3 Å². The van der Waals surface area contributed by atoms with Crippen molar-refractivity contribution in [3.63, 3.8) is 0 Å². The highest BCUT2D eigenvalue weighted by molar-refractivity contribution is 9.10. The minimum Gasteiger partial charge on any atom is -0.352 e. The van der Waals surface area contributed by atoms with Crippen LogP contribution in [0.1, 0.15) is 31.9 Å². The van der Waals surface area contributed by atoms with Gasteiger partial charge in [0.15, 0.2) is 0 Å². The molecule has 4 nitrogen and oxygen atoms in total. The predicted octanol–water partition coefficient (Wildman–Crippen LogP) is 5.93. The van der Waals surface area contributed by atoms with Gasteiger partial charge in [-0.25, -0.2) is 0 Å². The Morgan fingerprint density at radius 3 is 2.23 bits per heavy atom. The molecule has 162 valence electrons. The zero-order valence-electron chi connectivity index (χ0n) is 17.1. The predicted molar refractivity (Wildman–Crippen MR) is 130 cm³/mol. The second-order valence-electron chi connectivity index (χ2n) is 7.18. The molecule has 30 heavy (non-hydrogen) atoms.